The van der Waals surface area contributed by atoms with Gasteiger partial charge in [0.05, 0.1) is 12.4 Å². The molecule has 0 aromatic heterocycles. The van der Waals surface area contributed by atoms with Gasteiger partial charge >= 0.3 is 5.97 Å². The number of benzene rings is 1. The lowest BCUT2D eigenvalue weighted by Gasteiger charge is -2.03. The van der Waals surface area contributed by atoms with Crippen molar-refractivity contribution in [1.82, 2.24) is 0 Å². The summed E-state index contributed by atoms with van der Waals surface area (Å²) in [6.07, 6.45) is 0. The van der Waals surface area contributed by atoms with Gasteiger partial charge < -0.3 is 4.74 Å². The first kappa shape index (κ1) is 11.6. The predicted molar refractivity (Wildman–Crippen MR) is 61.5 cm³/mol. The van der Waals surface area contributed by atoms with E-state index >= 15 is 0 Å². The van der Waals surface area contributed by atoms with E-state index in [-0.39, 0.29) is 5.97 Å². The molecule has 0 spiro atoms. The van der Waals surface area contributed by atoms with Crippen molar-refractivity contribution in [3.05, 3.63) is 28.7 Å². The minimum absolute atomic E-state index is 0.173. The molecular formula is C10H11BrO2S. The van der Waals surface area contributed by atoms with E-state index in [4.69, 9.17) is 4.74 Å². The molecule has 0 amide bonds. The first-order valence-corrected chi connectivity index (χ1v) is 6.05. The highest BCUT2D eigenvalue weighted by Gasteiger charge is 2.04. The van der Waals surface area contributed by atoms with E-state index in [1.165, 1.54) is 11.8 Å². The lowest BCUT2D eigenvalue weighted by molar-refractivity contribution is -0.139. The average Bonchev–Trinajstić information content (AvgIpc) is 2.17. The summed E-state index contributed by atoms with van der Waals surface area (Å²) in [5.41, 5.74) is 0. The van der Waals surface area contributed by atoms with Crippen LogP contribution in [0.1, 0.15) is 6.92 Å². The molecule has 0 heterocycles. The smallest absolute Gasteiger partial charge is 0.316 e. The number of rotatable bonds is 4. The van der Waals surface area contributed by atoms with E-state index in [2.05, 4.69) is 15.9 Å². The zero-order valence-corrected chi connectivity index (χ0v) is 10.2. The second-order valence-electron chi connectivity index (χ2n) is 2.52. The molecule has 0 fully saturated rings. The summed E-state index contributed by atoms with van der Waals surface area (Å²) in [6, 6.07) is 7.80. The van der Waals surface area contributed by atoms with Crippen LogP contribution in [0.25, 0.3) is 0 Å². The minimum Gasteiger partial charge on any atom is -0.465 e. The molecule has 0 aliphatic rings. The van der Waals surface area contributed by atoms with Gasteiger partial charge in [-0.3, -0.25) is 4.79 Å². The van der Waals surface area contributed by atoms with Crippen LogP contribution in [-0.4, -0.2) is 18.3 Å². The third-order valence-electron chi connectivity index (χ3n) is 1.49. The molecule has 1 rings (SSSR count). The number of halogens is 1. The molecule has 0 aliphatic heterocycles. The molecule has 1 aromatic rings. The van der Waals surface area contributed by atoms with Crippen molar-refractivity contribution in [2.45, 2.75) is 11.8 Å². The number of carbonyl (C=O) groups excluding carboxylic acids is 1. The van der Waals surface area contributed by atoms with Crippen LogP contribution >= 0.6 is 27.7 Å². The fraction of sp³-hybridized carbons (Fsp3) is 0.300. The zero-order chi connectivity index (χ0) is 10.4. The number of carbonyl (C=O) groups is 1. The second kappa shape index (κ2) is 6.09. The molecule has 2 nitrogen and oxygen atoms in total. The third-order valence-corrected chi connectivity index (χ3v) is 3.49. The van der Waals surface area contributed by atoms with Crippen molar-refractivity contribution in [3.8, 4) is 0 Å². The Balaban J connectivity index is 2.46. The average molecular weight is 275 g/mol. The van der Waals surface area contributed by atoms with Gasteiger partial charge in [0.15, 0.2) is 0 Å². The molecule has 0 N–H and O–H groups in total. The van der Waals surface area contributed by atoms with Crippen LogP contribution in [-0.2, 0) is 9.53 Å². The quantitative estimate of drug-likeness (QED) is 0.624. The largest absolute Gasteiger partial charge is 0.465 e. The van der Waals surface area contributed by atoms with Crippen LogP contribution in [0, 0.1) is 0 Å². The van der Waals surface area contributed by atoms with E-state index in [0.717, 1.165) is 9.37 Å². The monoisotopic (exact) mass is 274 g/mol. The van der Waals surface area contributed by atoms with Crippen molar-refractivity contribution >= 4 is 33.7 Å². The molecule has 0 saturated carbocycles. The van der Waals surface area contributed by atoms with Gasteiger partial charge in [0.25, 0.3) is 0 Å². The summed E-state index contributed by atoms with van der Waals surface area (Å²) in [7, 11) is 0. The summed E-state index contributed by atoms with van der Waals surface area (Å²) in [5, 5.41) is 0. The number of hydrogen-bond acceptors (Lipinski definition) is 3. The number of esters is 1. The molecular weight excluding hydrogens is 264 g/mol. The van der Waals surface area contributed by atoms with Crippen molar-refractivity contribution < 1.29 is 9.53 Å². The molecule has 0 aliphatic carbocycles. The lowest BCUT2D eigenvalue weighted by atomic mass is 10.4. The van der Waals surface area contributed by atoms with E-state index in [9.17, 15) is 4.79 Å². The SMILES string of the molecule is CCOC(=O)CSc1ccccc1Br. The maximum Gasteiger partial charge on any atom is 0.316 e. The maximum absolute atomic E-state index is 11.1. The second-order valence-corrected chi connectivity index (χ2v) is 4.40. The maximum atomic E-state index is 11.1. The van der Waals surface area contributed by atoms with Crippen LogP contribution < -0.4 is 0 Å². The van der Waals surface area contributed by atoms with Gasteiger partial charge in [-0.15, -0.1) is 11.8 Å². The number of ether oxygens (including phenoxy) is 1. The highest BCUT2D eigenvalue weighted by atomic mass is 79.9. The van der Waals surface area contributed by atoms with E-state index < -0.39 is 0 Å². The molecule has 0 saturated heterocycles. The standard InChI is InChI=1S/C10H11BrO2S/c1-2-13-10(12)7-14-9-6-4-3-5-8(9)11/h3-6H,2,7H2,1H3. The first-order chi connectivity index (χ1) is 6.74. The summed E-state index contributed by atoms with van der Waals surface area (Å²) in [4.78, 5) is 12.1. The van der Waals surface area contributed by atoms with E-state index in [1.807, 2.05) is 24.3 Å². The van der Waals surface area contributed by atoms with Gasteiger partial charge in [-0.2, -0.15) is 0 Å². The normalized spacial score (nSPS) is 9.86. The van der Waals surface area contributed by atoms with Crippen molar-refractivity contribution in [1.29, 1.82) is 0 Å². The van der Waals surface area contributed by atoms with Crippen LogP contribution in [0.4, 0.5) is 0 Å². The fourth-order valence-electron chi connectivity index (χ4n) is 0.901. The number of thioether (sulfide) groups is 1. The third kappa shape index (κ3) is 3.72. The number of hydrogen-bond donors (Lipinski definition) is 0. The van der Waals surface area contributed by atoms with Crippen LogP contribution in [0.3, 0.4) is 0 Å². The predicted octanol–water partition coefficient (Wildman–Crippen LogP) is 3.10. The summed E-state index contributed by atoms with van der Waals surface area (Å²) in [6.45, 7) is 2.25. The van der Waals surface area contributed by atoms with E-state index in [0.29, 0.717) is 12.4 Å². The van der Waals surface area contributed by atoms with E-state index in [1.54, 1.807) is 6.92 Å². The summed E-state index contributed by atoms with van der Waals surface area (Å²) >= 11 is 4.89. The Morgan fingerprint density at radius 2 is 2.21 bits per heavy atom. The molecule has 0 radical (unpaired) electrons. The zero-order valence-electron chi connectivity index (χ0n) is 7.83. The van der Waals surface area contributed by atoms with Gasteiger partial charge in [0, 0.05) is 9.37 Å². The Labute approximate surface area is 96.2 Å². The Hall–Kier alpha value is -0.480. The molecule has 4 heteroatoms. The van der Waals surface area contributed by atoms with Gasteiger partial charge in [0.2, 0.25) is 0 Å². The highest BCUT2D eigenvalue weighted by molar-refractivity contribution is 9.10. The Kier molecular flexibility index (Phi) is 5.04. The summed E-state index contributed by atoms with van der Waals surface area (Å²) in [5.74, 6) is 0.185. The van der Waals surface area contributed by atoms with Crippen molar-refractivity contribution in [2.75, 3.05) is 12.4 Å². The molecule has 76 valence electrons. The Morgan fingerprint density at radius 1 is 1.50 bits per heavy atom. The topological polar surface area (TPSA) is 26.3 Å². The van der Waals surface area contributed by atoms with Crippen molar-refractivity contribution in [2.24, 2.45) is 0 Å². The molecule has 0 bridgehead atoms. The molecule has 0 atom stereocenters. The lowest BCUT2D eigenvalue weighted by Crippen LogP contribution is -2.06. The van der Waals surface area contributed by atoms with Gasteiger partial charge in [0.1, 0.15) is 0 Å². The highest BCUT2D eigenvalue weighted by Crippen LogP contribution is 2.26. The minimum atomic E-state index is -0.173. The molecule has 14 heavy (non-hydrogen) atoms. The summed E-state index contributed by atoms with van der Waals surface area (Å²) < 4.78 is 5.84. The first-order valence-electron chi connectivity index (χ1n) is 4.27. The van der Waals surface area contributed by atoms with Crippen LogP contribution in [0.5, 0.6) is 0 Å². The van der Waals surface area contributed by atoms with Gasteiger partial charge in [-0.25, -0.2) is 0 Å². The molecule has 1 aromatic carbocycles. The Morgan fingerprint density at radius 3 is 2.86 bits per heavy atom. The fourth-order valence-corrected chi connectivity index (χ4v) is 2.27. The van der Waals surface area contributed by atoms with Crippen LogP contribution in [0.2, 0.25) is 0 Å². The van der Waals surface area contributed by atoms with Crippen LogP contribution in [0.15, 0.2) is 33.6 Å². The van der Waals surface area contributed by atoms with Gasteiger partial charge in [-0.1, -0.05) is 12.1 Å². The van der Waals surface area contributed by atoms with Gasteiger partial charge in [-0.05, 0) is 35.0 Å². The Bertz CT molecular complexity index is 315. The van der Waals surface area contributed by atoms with Crippen molar-refractivity contribution in [3.63, 3.8) is 0 Å². The molecule has 0 unspecified atom stereocenters.